The van der Waals surface area contributed by atoms with Crippen molar-refractivity contribution in [1.29, 1.82) is 0 Å². The number of rotatable bonds is 0. The molecule has 0 aromatic heterocycles. The van der Waals surface area contributed by atoms with Gasteiger partial charge in [-0.2, -0.15) is 0 Å². The molecule has 0 radical (unpaired) electrons. The molecule has 1 aliphatic heterocycles. The van der Waals surface area contributed by atoms with E-state index >= 15 is 0 Å². The van der Waals surface area contributed by atoms with E-state index < -0.39 is 0 Å². The Labute approximate surface area is 76.7 Å². The van der Waals surface area contributed by atoms with Crippen LogP contribution in [-0.2, 0) is 0 Å². The van der Waals surface area contributed by atoms with Gasteiger partial charge in [-0.25, -0.2) is 0 Å². The Hall–Kier alpha value is -1.63. The summed E-state index contributed by atoms with van der Waals surface area (Å²) in [4.78, 5) is 4.36. The predicted octanol–water partition coefficient (Wildman–Crippen LogP) is 3.21. The van der Waals surface area contributed by atoms with Crippen molar-refractivity contribution >= 4 is 22.7 Å². The fraction of sp³-hybridized carbons (Fsp3) is 0.0833. The quantitative estimate of drug-likeness (QED) is 0.487. The van der Waals surface area contributed by atoms with Gasteiger partial charge in [-0.05, 0) is 30.0 Å². The van der Waals surface area contributed by atoms with Crippen molar-refractivity contribution < 1.29 is 0 Å². The average molecular weight is 167 g/mol. The highest BCUT2D eigenvalue weighted by Crippen LogP contribution is 2.33. The van der Waals surface area contributed by atoms with E-state index in [4.69, 9.17) is 0 Å². The number of benzene rings is 2. The second-order valence-electron chi connectivity index (χ2n) is 3.49. The summed E-state index contributed by atoms with van der Waals surface area (Å²) in [5, 5.41) is 2.60. The monoisotopic (exact) mass is 167 g/mol. The molecule has 0 saturated carbocycles. The fourth-order valence-corrected chi connectivity index (χ4v) is 1.95. The predicted molar refractivity (Wildman–Crippen MR) is 55.9 cm³/mol. The summed E-state index contributed by atoms with van der Waals surface area (Å²) in [6, 6.07) is 10.7. The lowest BCUT2D eigenvalue weighted by molar-refractivity contribution is 1.50. The normalized spacial score (nSPS) is 12.7. The van der Waals surface area contributed by atoms with Gasteiger partial charge < -0.3 is 0 Å². The van der Waals surface area contributed by atoms with Crippen molar-refractivity contribution in [1.82, 2.24) is 0 Å². The van der Waals surface area contributed by atoms with E-state index in [1.165, 1.54) is 21.9 Å². The summed E-state index contributed by atoms with van der Waals surface area (Å²) in [5.41, 5.74) is 3.66. The van der Waals surface area contributed by atoms with Gasteiger partial charge in [-0.1, -0.05) is 18.2 Å². The van der Waals surface area contributed by atoms with E-state index in [-0.39, 0.29) is 0 Å². The van der Waals surface area contributed by atoms with Gasteiger partial charge in [0.2, 0.25) is 0 Å². The molecule has 0 fully saturated rings. The number of hydrogen-bond acceptors (Lipinski definition) is 1. The Morgan fingerprint density at radius 1 is 1.15 bits per heavy atom. The first-order chi connectivity index (χ1) is 6.34. The highest BCUT2D eigenvalue weighted by Gasteiger charge is 2.09. The molecule has 0 N–H and O–H groups in total. The van der Waals surface area contributed by atoms with Crippen molar-refractivity contribution in [3.63, 3.8) is 0 Å². The molecule has 1 heterocycles. The third-order valence-corrected chi connectivity index (χ3v) is 2.47. The molecular weight excluding hydrogens is 158 g/mol. The molecule has 1 aliphatic rings. The van der Waals surface area contributed by atoms with Crippen LogP contribution in [0.15, 0.2) is 35.3 Å². The third-order valence-electron chi connectivity index (χ3n) is 2.47. The summed E-state index contributed by atoms with van der Waals surface area (Å²) in [7, 11) is 0. The summed E-state index contributed by atoms with van der Waals surface area (Å²) in [6.45, 7) is 2.12. The molecule has 0 amide bonds. The average Bonchev–Trinajstić information content (AvgIpc) is 2.50. The van der Waals surface area contributed by atoms with Crippen molar-refractivity contribution in [2.45, 2.75) is 6.92 Å². The first kappa shape index (κ1) is 6.84. The molecule has 0 bridgehead atoms. The van der Waals surface area contributed by atoms with Gasteiger partial charge in [0.25, 0.3) is 0 Å². The van der Waals surface area contributed by atoms with Gasteiger partial charge in [0, 0.05) is 17.2 Å². The lowest BCUT2D eigenvalue weighted by Gasteiger charge is -2.01. The third kappa shape index (κ3) is 0.842. The van der Waals surface area contributed by atoms with E-state index in [1.54, 1.807) is 0 Å². The number of aliphatic imine (C=N–C) groups is 1. The van der Waals surface area contributed by atoms with Crippen molar-refractivity contribution in [2.24, 2.45) is 4.99 Å². The van der Waals surface area contributed by atoms with Crippen LogP contribution in [-0.4, -0.2) is 6.21 Å². The zero-order valence-electron chi connectivity index (χ0n) is 7.41. The van der Waals surface area contributed by atoms with E-state index in [9.17, 15) is 0 Å². The van der Waals surface area contributed by atoms with E-state index in [0.29, 0.717) is 0 Å². The van der Waals surface area contributed by atoms with Gasteiger partial charge in [-0.15, -0.1) is 0 Å². The summed E-state index contributed by atoms with van der Waals surface area (Å²) in [5.74, 6) is 0. The topological polar surface area (TPSA) is 12.4 Å². The molecular formula is C12H9N. The molecule has 62 valence electrons. The van der Waals surface area contributed by atoms with Crippen LogP contribution in [0.25, 0.3) is 10.8 Å². The standard InChI is InChI=1S/C12H9N/c1-8-5-9-3-2-4-11-12(9)10(6-8)7-13-11/h2-7H,1H3. The van der Waals surface area contributed by atoms with Crippen LogP contribution in [0.1, 0.15) is 11.1 Å². The number of hydrogen-bond donors (Lipinski definition) is 0. The second kappa shape index (κ2) is 2.19. The van der Waals surface area contributed by atoms with Gasteiger partial charge >= 0.3 is 0 Å². The minimum Gasteiger partial charge on any atom is -0.256 e. The first-order valence-electron chi connectivity index (χ1n) is 4.42. The molecule has 3 rings (SSSR count). The van der Waals surface area contributed by atoms with Gasteiger partial charge in [-0.3, -0.25) is 4.99 Å². The Morgan fingerprint density at radius 2 is 2.08 bits per heavy atom. The largest absolute Gasteiger partial charge is 0.256 e. The van der Waals surface area contributed by atoms with Gasteiger partial charge in [0.1, 0.15) is 0 Å². The van der Waals surface area contributed by atoms with Crippen molar-refractivity contribution in [3.8, 4) is 0 Å². The molecule has 2 aromatic rings. The zero-order valence-corrected chi connectivity index (χ0v) is 7.41. The van der Waals surface area contributed by atoms with Gasteiger partial charge in [0.05, 0.1) is 5.69 Å². The van der Waals surface area contributed by atoms with Crippen LogP contribution in [0.3, 0.4) is 0 Å². The lowest BCUT2D eigenvalue weighted by Crippen LogP contribution is -1.81. The van der Waals surface area contributed by atoms with Crippen molar-refractivity contribution in [3.05, 3.63) is 41.5 Å². The highest BCUT2D eigenvalue weighted by atomic mass is 14.7. The van der Waals surface area contributed by atoms with Gasteiger partial charge in [0.15, 0.2) is 0 Å². The Morgan fingerprint density at radius 3 is 3.00 bits per heavy atom. The minimum atomic E-state index is 1.10. The van der Waals surface area contributed by atoms with Crippen LogP contribution in [0.5, 0.6) is 0 Å². The highest BCUT2D eigenvalue weighted by molar-refractivity contribution is 6.11. The SMILES string of the molecule is Cc1cc2c3c(cccc3c1)N=C2. The molecule has 0 aliphatic carbocycles. The van der Waals surface area contributed by atoms with E-state index in [1.807, 2.05) is 6.21 Å². The maximum Gasteiger partial charge on any atom is 0.0714 e. The second-order valence-corrected chi connectivity index (χ2v) is 3.49. The molecule has 0 spiro atoms. The summed E-state index contributed by atoms with van der Waals surface area (Å²) < 4.78 is 0. The van der Waals surface area contributed by atoms with Crippen LogP contribution >= 0.6 is 0 Å². The van der Waals surface area contributed by atoms with Crippen LogP contribution in [0.2, 0.25) is 0 Å². The molecule has 2 aromatic carbocycles. The molecule has 0 saturated heterocycles. The minimum absolute atomic E-state index is 1.10. The molecule has 13 heavy (non-hydrogen) atoms. The summed E-state index contributed by atoms with van der Waals surface area (Å²) in [6.07, 6.45) is 1.95. The Kier molecular flexibility index (Phi) is 1.15. The molecule has 0 unspecified atom stereocenters. The van der Waals surface area contributed by atoms with E-state index in [2.05, 4.69) is 42.2 Å². The van der Waals surface area contributed by atoms with E-state index in [0.717, 1.165) is 5.69 Å². The van der Waals surface area contributed by atoms with Crippen LogP contribution in [0, 0.1) is 6.92 Å². The number of aryl methyl sites for hydroxylation is 1. The Balaban J connectivity index is 2.59. The smallest absolute Gasteiger partial charge is 0.0714 e. The van der Waals surface area contributed by atoms with Crippen LogP contribution < -0.4 is 0 Å². The lowest BCUT2D eigenvalue weighted by atomic mass is 10.0. The molecule has 1 heteroatoms. The zero-order chi connectivity index (χ0) is 8.84. The first-order valence-corrected chi connectivity index (χ1v) is 4.42. The molecule has 1 nitrogen and oxygen atoms in total. The maximum atomic E-state index is 4.36. The van der Waals surface area contributed by atoms with Crippen LogP contribution in [0.4, 0.5) is 5.69 Å². The maximum absolute atomic E-state index is 4.36. The number of nitrogens with zero attached hydrogens (tertiary/aromatic N) is 1. The van der Waals surface area contributed by atoms with Crippen molar-refractivity contribution in [2.75, 3.05) is 0 Å². The summed E-state index contributed by atoms with van der Waals surface area (Å²) >= 11 is 0. The fourth-order valence-electron chi connectivity index (χ4n) is 1.95. The Bertz CT molecular complexity index is 524. The molecule has 0 atom stereocenters.